The highest BCUT2D eigenvalue weighted by Gasteiger charge is 2.28. The van der Waals surface area contributed by atoms with Gasteiger partial charge in [-0.15, -0.1) is 0 Å². The lowest BCUT2D eigenvalue weighted by Gasteiger charge is -2.25. The van der Waals surface area contributed by atoms with Crippen LogP contribution in [0, 0.1) is 0 Å². The summed E-state index contributed by atoms with van der Waals surface area (Å²) in [6, 6.07) is 6.17. The largest absolute Gasteiger partial charge is 0.493 e. The minimum atomic E-state index is -1.26. The molecule has 1 rings (SSSR count). The van der Waals surface area contributed by atoms with Crippen LogP contribution in [0.3, 0.4) is 0 Å². The maximum atomic E-state index is 11.0. The molecular weight excluding hydrogens is 266 g/mol. The summed E-state index contributed by atoms with van der Waals surface area (Å²) in [5.41, 5.74) is 6.83. The van der Waals surface area contributed by atoms with Crippen LogP contribution >= 0.6 is 0 Å². The molecule has 0 radical (unpaired) electrons. The van der Waals surface area contributed by atoms with Gasteiger partial charge in [-0.3, -0.25) is 4.79 Å². The number of benzene rings is 1. The van der Waals surface area contributed by atoms with Crippen LogP contribution in [-0.2, 0) is 16.6 Å². The van der Waals surface area contributed by atoms with E-state index in [-0.39, 0.29) is 18.4 Å². The fourth-order valence-electron chi connectivity index (χ4n) is 1.99. The highest BCUT2D eigenvalue weighted by atomic mass is 16.5. The average molecular weight is 293 g/mol. The molecule has 0 bridgehead atoms. The number of ether oxygens (including phenoxy) is 1. The van der Waals surface area contributed by atoms with Crippen LogP contribution in [0.5, 0.6) is 5.75 Å². The van der Waals surface area contributed by atoms with Crippen molar-refractivity contribution >= 4 is 5.97 Å². The van der Waals surface area contributed by atoms with E-state index < -0.39 is 11.5 Å². The Morgan fingerprint density at radius 2 is 1.90 bits per heavy atom. The van der Waals surface area contributed by atoms with Crippen molar-refractivity contribution in [2.45, 2.75) is 58.4 Å². The molecule has 0 aliphatic rings. The molecule has 0 saturated carbocycles. The maximum Gasteiger partial charge on any atom is 0.323 e. The Labute approximate surface area is 127 Å². The Balaban J connectivity index is 2.87. The summed E-state index contributed by atoms with van der Waals surface area (Å²) in [6.07, 6.45) is 1.24. The molecule has 4 nitrogen and oxygen atoms in total. The predicted octanol–water partition coefficient (Wildman–Crippen LogP) is 3.12. The zero-order valence-electron chi connectivity index (χ0n) is 13.7. The summed E-state index contributed by atoms with van der Waals surface area (Å²) in [5.74, 6) is -0.204. The smallest absolute Gasteiger partial charge is 0.323 e. The number of carbonyl (C=O) groups is 1. The van der Waals surface area contributed by atoms with Gasteiger partial charge in [0.05, 0.1) is 6.61 Å². The van der Waals surface area contributed by atoms with Crippen molar-refractivity contribution in [3.8, 4) is 5.75 Å². The lowest BCUT2D eigenvalue weighted by atomic mass is 9.85. The normalized spacial score (nSPS) is 14.6. The van der Waals surface area contributed by atoms with Crippen LogP contribution in [0.1, 0.15) is 52.2 Å². The van der Waals surface area contributed by atoms with Crippen LogP contribution in [-0.4, -0.2) is 23.2 Å². The molecule has 1 atom stereocenters. The summed E-state index contributed by atoms with van der Waals surface area (Å²) >= 11 is 0. The molecule has 0 amide bonds. The van der Waals surface area contributed by atoms with Gasteiger partial charge in [-0.2, -0.15) is 0 Å². The molecule has 21 heavy (non-hydrogen) atoms. The number of aryl methyl sites for hydroxylation is 1. The van der Waals surface area contributed by atoms with Gasteiger partial charge in [-0.25, -0.2) is 0 Å². The Hall–Kier alpha value is -1.55. The molecule has 118 valence electrons. The first-order valence-electron chi connectivity index (χ1n) is 7.36. The summed E-state index contributed by atoms with van der Waals surface area (Å²) in [4.78, 5) is 11.0. The van der Waals surface area contributed by atoms with Crippen molar-refractivity contribution in [2.24, 2.45) is 5.73 Å². The third kappa shape index (κ3) is 4.74. The molecule has 0 fully saturated rings. The van der Waals surface area contributed by atoms with E-state index in [0.717, 1.165) is 17.7 Å². The zero-order valence-corrected chi connectivity index (χ0v) is 13.7. The van der Waals surface area contributed by atoms with E-state index in [1.54, 1.807) is 0 Å². The van der Waals surface area contributed by atoms with E-state index in [4.69, 9.17) is 15.6 Å². The Morgan fingerprint density at radius 3 is 2.38 bits per heavy atom. The van der Waals surface area contributed by atoms with Crippen molar-refractivity contribution in [3.05, 3.63) is 29.3 Å². The number of rotatable bonds is 6. The summed E-state index contributed by atoms with van der Waals surface area (Å²) in [6.45, 7) is 10.3. The topological polar surface area (TPSA) is 72.5 Å². The first kappa shape index (κ1) is 17.5. The highest BCUT2D eigenvalue weighted by Crippen LogP contribution is 2.32. The Morgan fingerprint density at radius 1 is 1.29 bits per heavy atom. The van der Waals surface area contributed by atoms with Gasteiger partial charge in [-0.05, 0) is 36.0 Å². The lowest BCUT2D eigenvalue weighted by molar-refractivity contribution is -0.143. The second kappa shape index (κ2) is 6.48. The first-order chi connectivity index (χ1) is 9.58. The van der Waals surface area contributed by atoms with Crippen molar-refractivity contribution in [2.75, 3.05) is 6.61 Å². The van der Waals surface area contributed by atoms with Crippen molar-refractivity contribution in [1.29, 1.82) is 0 Å². The van der Waals surface area contributed by atoms with Gasteiger partial charge in [-0.1, -0.05) is 39.8 Å². The van der Waals surface area contributed by atoms with E-state index in [1.807, 2.05) is 12.1 Å². The Bertz CT molecular complexity index is 501. The van der Waals surface area contributed by atoms with E-state index in [0.29, 0.717) is 0 Å². The number of carboxylic acid groups (broad SMARTS) is 1. The minimum Gasteiger partial charge on any atom is -0.493 e. The maximum absolute atomic E-state index is 11.0. The molecular formula is C17H27NO3. The van der Waals surface area contributed by atoms with Crippen LogP contribution in [0.4, 0.5) is 0 Å². The van der Waals surface area contributed by atoms with E-state index in [9.17, 15) is 4.79 Å². The molecule has 0 spiro atoms. The minimum absolute atomic E-state index is 0.0284. The number of carboxylic acids is 1. The number of nitrogens with two attached hydrogens (primary N) is 1. The van der Waals surface area contributed by atoms with Gasteiger partial charge in [0, 0.05) is 6.42 Å². The van der Waals surface area contributed by atoms with Gasteiger partial charge < -0.3 is 15.6 Å². The first-order valence-corrected chi connectivity index (χ1v) is 7.36. The van der Waals surface area contributed by atoms with Crippen molar-refractivity contribution in [3.63, 3.8) is 0 Å². The van der Waals surface area contributed by atoms with Gasteiger partial charge in [0.25, 0.3) is 0 Å². The second-order valence-electron chi connectivity index (χ2n) is 6.76. The molecule has 0 saturated heterocycles. The summed E-state index contributed by atoms with van der Waals surface area (Å²) < 4.78 is 5.81. The monoisotopic (exact) mass is 293 g/mol. The van der Waals surface area contributed by atoms with Crippen LogP contribution in [0.15, 0.2) is 18.2 Å². The predicted molar refractivity (Wildman–Crippen MR) is 84.9 cm³/mol. The van der Waals surface area contributed by atoms with Crippen molar-refractivity contribution in [1.82, 2.24) is 0 Å². The Kier molecular flexibility index (Phi) is 5.40. The molecule has 0 heterocycles. The molecule has 0 aliphatic carbocycles. The molecule has 0 aliphatic heterocycles. The van der Waals surface area contributed by atoms with Crippen molar-refractivity contribution < 1.29 is 14.6 Å². The zero-order chi connectivity index (χ0) is 16.3. The standard InChI is InChI=1S/C17H27NO3/c1-6-12-7-8-14(13(11-12)16(2,3)4)21-10-9-17(5,18)15(19)20/h7-8,11H,6,9-10,18H2,1-5H3,(H,19,20). The van der Waals surface area contributed by atoms with Gasteiger partial charge >= 0.3 is 5.97 Å². The fourth-order valence-corrected chi connectivity index (χ4v) is 1.99. The number of hydrogen-bond acceptors (Lipinski definition) is 3. The SMILES string of the molecule is CCc1ccc(OCCC(C)(N)C(=O)O)c(C(C)(C)C)c1. The third-order valence-corrected chi connectivity index (χ3v) is 3.63. The molecule has 3 N–H and O–H groups in total. The molecule has 4 heteroatoms. The van der Waals surface area contributed by atoms with Crippen LogP contribution < -0.4 is 10.5 Å². The molecule has 1 aromatic carbocycles. The number of aliphatic carboxylic acids is 1. The second-order valence-corrected chi connectivity index (χ2v) is 6.76. The van der Waals surface area contributed by atoms with Crippen LogP contribution in [0.2, 0.25) is 0 Å². The number of hydrogen-bond donors (Lipinski definition) is 2. The quantitative estimate of drug-likeness (QED) is 0.845. The third-order valence-electron chi connectivity index (χ3n) is 3.63. The van der Waals surface area contributed by atoms with E-state index in [2.05, 4.69) is 33.8 Å². The molecule has 0 aromatic heterocycles. The average Bonchev–Trinajstić information content (AvgIpc) is 2.37. The fraction of sp³-hybridized carbons (Fsp3) is 0.588. The van der Waals surface area contributed by atoms with Gasteiger partial charge in [0.2, 0.25) is 0 Å². The summed E-state index contributed by atoms with van der Waals surface area (Å²) in [7, 11) is 0. The molecule has 1 unspecified atom stereocenters. The van der Waals surface area contributed by atoms with E-state index in [1.165, 1.54) is 12.5 Å². The van der Waals surface area contributed by atoms with Crippen LogP contribution in [0.25, 0.3) is 0 Å². The highest BCUT2D eigenvalue weighted by molar-refractivity contribution is 5.77. The van der Waals surface area contributed by atoms with Gasteiger partial charge in [0.1, 0.15) is 11.3 Å². The lowest BCUT2D eigenvalue weighted by Crippen LogP contribution is -2.45. The summed E-state index contributed by atoms with van der Waals surface area (Å²) in [5, 5.41) is 9.01. The van der Waals surface area contributed by atoms with Gasteiger partial charge in [0.15, 0.2) is 0 Å². The van der Waals surface area contributed by atoms with E-state index >= 15 is 0 Å². The molecule has 1 aromatic rings.